The average molecular weight is 463 g/mol. The molecule has 0 amide bonds. The molecule has 0 saturated carbocycles. The molecule has 3 nitrogen and oxygen atoms in total. The molecule has 0 fully saturated rings. The van der Waals surface area contributed by atoms with Crippen LogP contribution in [0.3, 0.4) is 0 Å². The Morgan fingerprint density at radius 1 is 0.969 bits per heavy atom. The molecular weight excluding hydrogens is 439 g/mol. The minimum absolute atomic E-state index is 0.0254. The number of aromatic amines is 1. The third-order valence-corrected chi connectivity index (χ3v) is 10.5. The van der Waals surface area contributed by atoms with Crippen LogP contribution < -0.4 is 0 Å². The van der Waals surface area contributed by atoms with Gasteiger partial charge in [0.15, 0.2) is 0 Å². The molecule has 6 heteroatoms. The molecule has 0 radical (unpaired) electrons. The molecule has 0 bridgehead atoms. The van der Waals surface area contributed by atoms with Crippen molar-refractivity contribution >= 4 is 19.7 Å². The van der Waals surface area contributed by atoms with Crippen molar-refractivity contribution in [1.82, 2.24) is 9.97 Å². The van der Waals surface area contributed by atoms with Crippen molar-refractivity contribution in [2.24, 2.45) is 0 Å². The van der Waals surface area contributed by atoms with E-state index in [4.69, 9.17) is 0 Å². The molecule has 1 atom stereocenters. The highest BCUT2D eigenvalue weighted by atomic mass is 32.8. The fraction of sp³-hybridized carbons (Fsp3) is 0.192. The van der Waals surface area contributed by atoms with Crippen LogP contribution in [0.15, 0.2) is 78.0 Å². The standard InChI is InChI=1S/C26H23FN2OS2/c1-26(2)12-9-20-15-19(5-8-24(20)32(26)31-30)23-16-22(17-10-13-28-14-11-17)25(29-23)18-3-6-21(27)7-4-18/h3-8,10-11,13-16,29H,9,12H2,1-2H3. The summed E-state index contributed by atoms with van der Waals surface area (Å²) in [5, 5.41) is 0. The van der Waals surface area contributed by atoms with Crippen molar-refractivity contribution in [2.75, 3.05) is 0 Å². The maximum absolute atomic E-state index is 13.5. The Hall–Kier alpha value is -2.83. The van der Waals surface area contributed by atoms with Crippen LogP contribution in [-0.2, 0) is 26.1 Å². The molecule has 0 aliphatic carbocycles. The summed E-state index contributed by atoms with van der Waals surface area (Å²) in [5.74, 6) is -0.254. The van der Waals surface area contributed by atoms with E-state index in [0.717, 1.165) is 56.7 Å². The maximum Gasteiger partial charge on any atom is 0.126 e. The number of nitrogens with one attached hydrogen (secondary N) is 1. The van der Waals surface area contributed by atoms with Gasteiger partial charge in [0.1, 0.15) is 16.0 Å². The Morgan fingerprint density at radius 3 is 2.41 bits per heavy atom. The van der Waals surface area contributed by atoms with Crippen LogP contribution >= 0.6 is 0 Å². The molecule has 0 saturated heterocycles. The molecule has 5 rings (SSSR count). The second-order valence-electron chi connectivity index (χ2n) is 8.63. The molecule has 0 spiro atoms. The van der Waals surface area contributed by atoms with Gasteiger partial charge in [0, 0.05) is 33.3 Å². The number of aromatic nitrogens is 2. The summed E-state index contributed by atoms with van der Waals surface area (Å²) < 4.78 is 25.5. The third-order valence-electron chi connectivity index (χ3n) is 6.08. The fourth-order valence-electron chi connectivity index (χ4n) is 4.29. The molecule has 32 heavy (non-hydrogen) atoms. The lowest BCUT2D eigenvalue weighted by Gasteiger charge is -2.33. The van der Waals surface area contributed by atoms with Gasteiger partial charge in [0.05, 0.1) is 5.69 Å². The lowest BCUT2D eigenvalue weighted by molar-refractivity contribution is 0.617. The van der Waals surface area contributed by atoms with E-state index in [9.17, 15) is 8.60 Å². The van der Waals surface area contributed by atoms with Gasteiger partial charge in [0.2, 0.25) is 0 Å². The monoisotopic (exact) mass is 462 g/mol. The molecule has 1 aliphatic rings. The Balaban J connectivity index is 1.64. The zero-order valence-electron chi connectivity index (χ0n) is 17.9. The van der Waals surface area contributed by atoms with E-state index in [1.54, 1.807) is 24.5 Å². The topological polar surface area (TPSA) is 45.8 Å². The van der Waals surface area contributed by atoms with Crippen molar-refractivity contribution in [2.45, 2.75) is 36.3 Å². The molecule has 1 aliphatic heterocycles. The largest absolute Gasteiger partial charge is 0.354 e. The van der Waals surface area contributed by atoms with E-state index < -0.39 is 0 Å². The number of aryl methyl sites for hydroxylation is 1. The highest BCUT2D eigenvalue weighted by molar-refractivity contribution is 8.32. The van der Waals surface area contributed by atoms with Crippen LogP contribution in [-0.4, -0.2) is 18.9 Å². The third kappa shape index (κ3) is 3.78. The molecule has 3 heterocycles. The van der Waals surface area contributed by atoms with Gasteiger partial charge < -0.3 is 4.98 Å². The number of benzene rings is 2. The van der Waals surface area contributed by atoms with E-state index in [1.807, 2.05) is 12.1 Å². The second kappa shape index (κ2) is 8.26. The molecule has 1 N–H and O–H groups in total. The summed E-state index contributed by atoms with van der Waals surface area (Å²) >= 11 is 0. The number of halogens is 1. The summed E-state index contributed by atoms with van der Waals surface area (Å²) in [6, 6.07) is 19.1. The van der Waals surface area contributed by atoms with Gasteiger partial charge in [-0.3, -0.25) is 4.98 Å². The first-order valence-electron chi connectivity index (χ1n) is 10.5. The smallest absolute Gasteiger partial charge is 0.126 e. The molecule has 4 aromatic rings. The van der Waals surface area contributed by atoms with Crippen LogP contribution in [0.1, 0.15) is 25.8 Å². The number of fused-ring (bicyclic) bond motifs is 1. The average Bonchev–Trinajstić information content (AvgIpc) is 3.25. The van der Waals surface area contributed by atoms with Crippen LogP contribution in [0.25, 0.3) is 33.6 Å². The number of H-pyrrole nitrogens is 1. The first kappa shape index (κ1) is 21.0. The SMILES string of the molecule is CC1(C)CCc2cc(-c3cc(-c4ccncc4)c(-c4ccc(F)cc4)[nH]3)ccc2S1=S=O. The van der Waals surface area contributed by atoms with E-state index in [0.29, 0.717) is 0 Å². The van der Waals surface area contributed by atoms with Gasteiger partial charge in [-0.05, 0) is 104 Å². The van der Waals surface area contributed by atoms with Gasteiger partial charge in [-0.25, -0.2) is 8.60 Å². The maximum atomic E-state index is 13.5. The second-order valence-corrected chi connectivity index (χ2v) is 12.3. The van der Waals surface area contributed by atoms with Crippen LogP contribution in [0.2, 0.25) is 0 Å². The number of rotatable bonds is 3. The predicted molar refractivity (Wildman–Crippen MR) is 131 cm³/mol. The normalized spacial score (nSPS) is 17.0. The fourth-order valence-corrected chi connectivity index (χ4v) is 7.53. The predicted octanol–water partition coefficient (Wildman–Crippen LogP) is 6.38. The van der Waals surface area contributed by atoms with Gasteiger partial charge in [-0.15, -0.1) is 0 Å². The lowest BCUT2D eigenvalue weighted by atomic mass is 9.98. The van der Waals surface area contributed by atoms with E-state index >= 15 is 0 Å². The van der Waals surface area contributed by atoms with E-state index in [1.165, 1.54) is 22.6 Å². The lowest BCUT2D eigenvalue weighted by Crippen LogP contribution is -2.31. The Labute approximate surface area is 192 Å². The van der Waals surface area contributed by atoms with Gasteiger partial charge in [0.25, 0.3) is 0 Å². The summed E-state index contributed by atoms with van der Waals surface area (Å²) in [4.78, 5) is 8.90. The quantitative estimate of drug-likeness (QED) is 0.384. The number of nitrogens with zero attached hydrogens (tertiary/aromatic N) is 1. The number of pyridine rings is 1. The molecule has 2 aromatic heterocycles. The first-order valence-corrected chi connectivity index (χ1v) is 13.0. The highest BCUT2D eigenvalue weighted by Crippen LogP contribution is 2.39. The van der Waals surface area contributed by atoms with E-state index in [2.05, 4.69) is 48.1 Å². The molecule has 162 valence electrons. The minimum Gasteiger partial charge on any atom is -0.354 e. The van der Waals surface area contributed by atoms with Crippen molar-refractivity contribution in [3.63, 3.8) is 0 Å². The van der Waals surface area contributed by atoms with Crippen molar-refractivity contribution < 1.29 is 8.60 Å². The van der Waals surface area contributed by atoms with Gasteiger partial charge in [-0.2, -0.15) is 0 Å². The minimum atomic E-state index is -0.354. The van der Waals surface area contributed by atoms with Crippen molar-refractivity contribution in [3.05, 3.63) is 84.4 Å². The van der Waals surface area contributed by atoms with E-state index in [-0.39, 0.29) is 20.0 Å². The summed E-state index contributed by atoms with van der Waals surface area (Å²) in [7, 11) is 0.379. The van der Waals surface area contributed by atoms with Crippen LogP contribution in [0, 0.1) is 5.82 Å². The zero-order valence-corrected chi connectivity index (χ0v) is 19.5. The Morgan fingerprint density at radius 2 is 1.69 bits per heavy atom. The highest BCUT2D eigenvalue weighted by Gasteiger charge is 2.31. The summed E-state index contributed by atoms with van der Waals surface area (Å²) in [6.45, 7) is 4.39. The first-order chi connectivity index (χ1) is 15.5. The molecule has 1 unspecified atom stereocenters. The summed E-state index contributed by atoms with van der Waals surface area (Å²) in [5.41, 5.74) is 7.31. The molecular formula is C26H23FN2OS2. The van der Waals surface area contributed by atoms with Gasteiger partial charge >= 0.3 is 0 Å². The molecule has 2 aromatic carbocycles. The summed E-state index contributed by atoms with van der Waals surface area (Å²) in [6.07, 6.45) is 5.54. The van der Waals surface area contributed by atoms with Crippen LogP contribution in [0.5, 0.6) is 0 Å². The zero-order chi connectivity index (χ0) is 22.3. The van der Waals surface area contributed by atoms with Crippen molar-refractivity contribution in [1.29, 1.82) is 0 Å². The Bertz CT molecular complexity index is 1350. The van der Waals surface area contributed by atoms with Gasteiger partial charge in [-0.1, -0.05) is 15.5 Å². The number of hydrogen-bond donors (Lipinski definition) is 1. The Kier molecular flexibility index (Phi) is 5.43. The van der Waals surface area contributed by atoms with Crippen molar-refractivity contribution in [3.8, 4) is 33.6 Å². The number of hydrogen-bond acceptors (Lipinski definition) is 2. The van der Waals surface area contributed by atoms with Crippen LogP contribution in [0.4, 0.5) is 4.39 Å².